The van der Waals surface area contributed by atoms with Crippen molar-refractivity contribution in [3.8, 4) is 5.75 Å². The second-order valence-electron chi connectivity index (χ2n) is 7.84. The average molecular weight is 440 g/mol. The normalized spacial score (nSPS) is 14.8. The number of aliphatic carboxylic acids is 1. The minimum Gasteiger partial charge on any atom is -0.497 e. The summed E-state index contributed by atoms with van der Waals surface area (Å²) in [6.45, 7) is -0.0634. The van der Waals surface area contributed by atoms with E-state index in [0.29, 0.717) is 18.6 Å². The Hall–Kier alpha value is -3.39. The van der Waals surface area contributed by atoms with Crippen LogP contribution in [0.25, 0.3) is 0 Å². The van der Waals surface area contributed by atoms with Crippen molar-refractivity contribution in [2.75, 3.05) is 20.8 Å². The summed E-state index contributed by atoms with van der Waals surface area (Å²) < 4.78 is 10.2. The predicted octanol–water partition coefficient (Wildman–Crippen LogP) is 1.35. The number of benzene rings is 2. The number of rotatable bonds is 10. The van der Waals surface area contributed by atoms with Crippen LogP contribution in [0.4, 0.5) is 0 Å². The molecule has 32 heavy (non-hydrogen) atoms. The third-order valence-electron chi connectivity index (χ3n) is 5.60. The number of carbonyl (C=O) groups excluding carboxylic acids is 2. The summed E-state index contributed by atoms with van der Waals surface area (Å²) in [5.41, 5.74) is 2.99. The Bertz CT molecular complexity index is 934. The van der Waals surface area contributed by atoms with Crippen LogP contribution in [0.2, 0.25) is 0 Å². The molecule has 0 aliphatic heterocycles. The number of ether oxygens (including phenoxy) is 2. The molecule has 8 heteroatoms. The number of carboxylic acids is 1. The molecule has 1 aliphatic carbocycles. The van der Waals surface area contributed by atoms with Gasteiger partial charge in [0.2, 0.25) is 11.8 Å². The summed E-state index contributed by atoms with van der Waals surface area (Å²) in [7, 11) is 2.97. The Morgan fingerprint density at radius 2 is 1.59 bits per heavy atom. The number of methoxy groups -OCH3 is 2. The molecule has 2 amide bonds. The second kappa shape index (κ2) is 10.8. The van der Waals surface area contributed by atoms with Gasteiger partial charge >= 0.3 is 5.97 Å². The SMILES string of the molecule is COC[C@H](NC(=O)C1Cc2ccccc2C1)C(=O)N[C@@H](Cc1ccc(OC)cc1)C(=O)O. The first-order chi connectivity index (χ1) is 15.4. The molecular weight excluding hydrogens is 412 g/mol. The highest BCUT2D eigenvalue weighted by molar-refractivity contribution is 5.91. The fourth-order valence-electron chi connectivity index (χ4n) is 3.85. The van der Waals surface area contributed by atoms with Crippen LogP contribution in [0, 0.1) is 5.92 Å². The molecule has 0 spiro atoms. The Morgan fingerprint density at radius 3 is 2.12 bits per heavy atom. The zero-order valence-corrected chi connectivity index (χ0v) is 18.2. The molecule has 0 saturated carbocycles. The van der Waals surface area contributed by atoms with E-state index in [9.17, 15) is 19.5 Å². The largest absolute Gasteiger partial charge is 0.497 e. The number of nitrogens with one attached hydrogen (secondary N) is 2. The molecule has 3 N–H and O–H groups in total. The van der Waals surface area contributed by atoms with Crippen molar-refractivity contribution in [3.05, 3.63) is 65.2 Å². The van der Waals surface area contributed by atoms with E-state index < -0.39 is 24.0 Å². The van der Waals surface area contributed by atoms with E-state index in [2.05, 4.69) is 10.6 Å². The molecule has 2 atom stereocenters. The highest BCUT2D eigenvalue weighted by atomic mass is 16.5. The summed E-state index contributed by atoms with van der Waals surface area (Å²) in [6, 6.07) is 12.7. The molecule has 1 aliphatic rings. The van der Waals surface area contributed by atoms with E-state index in [0.717, 1.165) is 16.7 Å². The Kier molecular flexibility index (Phi) is 7.83. The average Bonchev–Trinajstić information content (AvgIpc) is 3.23. The van der Waals surface area contributed by atoms with Crippen molar-refractivity contribution < 1.29 is 29.0 Å². The van der Waals surface area contributed by atoms with Crippen molar-refractivity contribution in [1.29, 1.82) is 0 Å². The number of hydrogen-bond donors (Lipinski definition) is 3. The van der Waals surface area contributed by atoms with E-state index in [1.165, 1.54) is 7.11 Å². The van der Waals surface area contributed by atoms with Gasteiger partial charge in [0.05, 0.1) is 13.7 Å². The summed E-state index contributed by atoms with van der Waals surface area (Å²) in [6.07, 6.45) is 1.31. The quantitative estimate of drug-likeness (QED) is 0.514. The zero-order valence-electron chi connectivity index (χ0n) is 18.2. The fourth-order valence-corrected chi connectivity index (χ4v) is 3.85. The lowest BCUT2D eigenvalue weighted by Gasteiger charge is -2.22. The molecule has 0 heterocycles. The van der Waals surface area contributed by atoms with Crippen molar-refractivity contribution in [1.82, 2.24) is 10.6 Å². The standard InChI is InChI=1S/C24H28N2O6/c1-31-14-21(26-22(27)18-12-16-5-3-4-6-17(16)13-18)23(28)25-20(24(29)30)11-15-7-9-19(32-2)10-8-15/h3-10,18,20-21H,11-14H2,1-2H3,(H,25,28)(H,26,27)(H,29,30)/t20-,21-/m0/s1. The lowest BCUT2D eigenvalue weighted by molar-refractivity contribution is -0.142. The van der Waals surface area contributed by atoms with Crippen molar-refractivity contribution in [3.63, 3.8) is 0 Å². The maximum Gasteiger partial charge on any atom is 0.326 e. The van der Waals surface area contributed by atoms with Crippen LogP contribution in [0.15, 0.2) is 48.5 Å². The lowest BCUT2D eigenvalue weighted by atomic mass is 10.0. The number of hydrogen-bond acceptors (Lipinski definition) is 5. The topological polar surface area (TPSA) is 114 Å². The van der Waals surface area contributed by atoms with Gasteiger partial charge in [-0.1, -0.05) is 36.4 Å². The number of carboxylic acid groups (broad SMARTS) is 1. The molecule has 2 aromatic rings. The van der Waals surface area contributed by atoms with Gasteiger partial charge < -0.3 is 25.2 Å². The van der Waals surface area contributed by atoms with Gasteiger partial charge in [0.1, 0.15) is 17.8 Å². The molecule has 0 unspecified atom stereocenters. The predicted molar refractivity (Wildman–Crippen MR) is 117 cm³/mol. The van der Waals surface area contributed by atoms with Crippen LogP contribution in [0.5, 0.6) is 5.75 Å². The minimum atomic E-state index is -1.16. The Morgan fingerprint density at radius 1 is 0.969 bits per heavy atom. The summed E-state index contributed by atoms with van der Waals surface area (Å²) in [4.78, 5) is 37.4. The van der Waals surface area contributed by atoms with Gasteiger partial charge in [0.25, 0.3) is 0 Å². The Balaban J connectivity index is 1.62. The molecule has 0 bridgehead atoms. The first-order valence-electron chi connectivity index (χ1n) is 10.4. The maximum atomic E-state index is 12.8. The highest BCUT2D eigenvalue weighted by Crippen LogP contribution is 2.26. The van der Waals surface area contributed by atoms with Gasteiger partial charge in [-0.2, -0.15) is 0 Å². The number of amides is 2. The first kappa shape index (κ1) is 23.3. The van der Waals surface area contributed by atoms with E-state index in [1.54, 1.807) is 31.4 Å². The smallest absolute Gasteiger partial charge is 0.326 e. The second-order valence-corrected chi connectivity index (χ2v) is 7.84. The van der Waals surface area contributed by atoms with E-state index in [1.807, 2.05) is 24.3 Å². The van der Waals surface area contributed by atoms with Gasteiger partial charge in [0, 0.05) is 19.4 Å². The van der Waals surface area contributed by atoms with Gasteiger partial charge in [-0.25, -0.2) is 4.79 Å². The van der Waals surface area contributed by atoms with Gasteiger partial charge in [-0.05, 0) is 41.7 Å². The molecule has 2 aromatic carbocycles. The van der Waals surface area contributed by atoms with E-state index in [-0.39, 0.29) is 24.9 Å². The molecule has 0 radical (unpaired) electrons. The Labute approximate surface area is 186 Å². The van der Waals surface area contributed by atoms with Gasteiger partial charge in [0.15, 0.2) is 0 Å². The van der Waals surface area contributed by atoms with Crippen LogP contribution < -0.4 is 15.4 Å². The third-order valence-corrected chi connectivity index (χ3v) is 5.60. The maximum absolute atomic E-state index is 12.8. The molecule has 8 nitrogen and oxygen atoms in total. The van der Waals surface area contributed by atoms with Gasteiger partial charge in [-0.15, -0.1) is 0 Å². The fraction of sp³-hybridized carbons (Fsp3) is 0.375. The van der Waals surface area contributed by atoms with Crippen LogP contribution in [0.1, 0.15) is 16.7 Å². The lowest BCUT2D eigenvalue weighted by Crippen LogP contribution is -2.54. The zero-order chi connectivity index (χ0) is 23.1. The number of fused-ring (bicyclic) bond motifs is 1. The first-order valence-corrected chi connectivity index (χ1v) is 10.4. The summed E-state index contributed by atoms with van der Waals surface area (Å²) >= 11 is 0. The van der Waals surface area contributed by atoms with Crippen molar-refractivity contribution in [2.24, 2.45) is 5.92 Å². The van der Waals surface area contributed by atoms with Crippen LogP contribution in [0.3, 0.4) is 0 Å². The number of carbonyl (C=O) groups is 3. The van der Waals surface area contributed by atoms with Crippen LogP contribution in [-0.2, 0) is 38.4 Å². The van der Waals surface area contributed by atoms with Crippen molar-refractivity contribution in [2.45, 2.75) is 31.3 Å². The molecular formula is C24H28N2O6. The van der Waals surface area contributed by atoms with Crippen LogP contribution in [-0.4, -0.2) is 55.8 Å². The molecule has 3 rings (SSSR count). The molecule has 0 saturated heterocycles. The highest BCUT2D eigenvalue weighted by Gasteiger charge is 2.31. The van der Waals surface area contributed by atoms with Gasteiger partial charge in [-0.3, -0.25) is 9.59 Å². The minimum absolute atomic E-state index is 0.0634. The summed E-state index contributed by atoms with van der Waals surface area (Å²) in [5, 5.41) is 14.9. The molecule has 0 fully saturated rings. The monoisotopic (exact) mass is 440 g/mol. The molecule has 0 aromatic heterocycles. The van der Waals surface area contributed by atoms with E-state index in [4.69, 9.17) is 9.47 Å². The third kappa shape index (κ3) is 5.85. The summed E-state index contributed by atoms with van der Waals surface area (Å²) in [5.74, 6) is -1.63. The van der Waals surface area contributed by atoms with Crippen molar-refractivity contribution >= 4 is 17.8 Å². The van der Waals surface area contributed by atoms with E-state index >= 15 is 0 Å². The molecule has 170 valence electrons. The van der Waals surface area contributed by atoms with Crippen LogP contribution >= 0.6 is 0 Å².